The first-order valence-electron chi connectivity index (χ1n) is 6.27. The highest BCUT2D eigenvalue weighted by Gasteiger charge is 2.37. The number of hydrogen-bond donors (Lipinski definition) is 0. The molecule has 0 N–H and O–H groups in total. The maximum absolute atomic E-state index is 5.92. The predicted octanol–water partition coefficient (Wildman–Crippen LogP) is 2.36. The van der Waals surface area contributed by atoms with Gasteiger partial charge in [-0.1, -0.05) is 0 Å². The van der Waals surface area contributed by atoms with Crippen molar-refractivity contribution in [1.29, 1.82) is 0 Å². The average molecular weight is 216 g/mol. The van der Waals surface area contributed by atoms with Gasteiger partial charge < -0.3 is 9.47 Å². The topological polar surface area (TPSA) is 18.5 Å². The minimum atomic E-state index is -0.0767. The fourth-order valence-corrected chi connectivity index (χ4v) is 2.58. The molecule has 1 saturated heterocycles. The first-order chi connectivity index (χ1) is 7.14. The molecule has 0 spiro atoms. The first-order valence-corrected chi connectivity index (χ1v) is 6.27. The predicted molar refractivity (Wildman–Crippen MR) is 61.4 cm³/mol. The molecule has 0 saturated carbocycles. The van der Waals surface area contributed by atoms with Crippen molar-refractivity contribution in [3.05, 3.63) is 0 Å². The molecule has 2 unspecified atom stereocenters. The SMILES string of the molecule is CCOC(C)OC(C)[N+]1(CC)CCCC1. The second kappa shape index (κ2) is 5.83. The molecule has 90 valence electrons. The monoisotopic (exact) mass is 216 g/mol. The van der Waals surface area contributed by atoms with Crippen LogP contribution in [0.3, 0.4) is 0 Å². The van der Waals surface area contributed by atoms with Gasteiger partial charge >= 0.3 is 0 Å². The molecule has 2 atom stereocenters. The number of nitrogens with zero attached hydrogens (tertiary/aromatic N) is 1. The van der Waals surface area contributed by atoms with Crippen LogP contribution < -0.4 is 0 Å². The molecule has 0 aromatic heterocycles. The highest BCUT2D eigenvalue weighted by Crippen LogP contribution is 2.24. The lowest BCUT2D eigenvalue weighted by Gasteiger charge is -2.39. The molecule has 0 aromatic rings. The lowest BCUT2D eigenvalue weighted by atomic mass is 10.3. The van der Waals surface area contributed by atoms with Gasteiger partial charge in [-0.2, -0.15) is 0 Å². The van der Waals surface area contributed by atoms with Gasteiger partial charge in [0.1, 0.15) is 0 Å². The number of quaternary nitrogens is 1. The van der Waals surface area contributed by atoms with Gasteiger partial charge in [-0.15, -0.1) is 0 Å². The Labute approximate surface area is 93.9 Å². The molecule has 1 aliphatic rings. The highest BCUT2D eigenvalue weighted by molar-refractivity contribution is 4.55. The third-order valence-electron chi connectivity index (χ3n) is 3.65. The fraction of sp³-hybridized carbons (Fsp3) is 1.00. The van der Waals surface area contributed by atoms with E-state index in [9.17, 15) is 0 Å². The zero-order chi connectivity index (χ0) is 11.3. The van der Waals surface area contributed by atoms with Crippen LogP contribution in [-0.2, 0) is 9.47 Å². The number of likely N-dealkylation sites (tertiary alicyclic amines) is 1. The van der Waals surface area contributed by atoms with E-state index in [4.69, 9.17) is 9.47 Å². The van der Waals surface area contributed by atoms with Crippen molar-refractivity contribution >= 4 is 0 Å². The molecule has 3 heteroatoms. The van der Waals surface area contributed by atoms with Gasteiger partial charge in [0.15, 0.2) is 12.5 Å². The molecule has 1 fully saturated rings. The van der Waals surface area contributed by atoms with E-state index in [0.29, 0.717) is 0 Å². The summed E-state index contributed by atoms with van der Waals surface area (Å²) in [6.07, 6.45) is 2.86. The van der Waals surface area contributed by atoms with E-state index in [-0.39, 0.29) is 12.5 Å². The lowest BCUT2D eigenvalue weighted by molar-refractivity contribution is -0.959. The van der Waals surface area contributed by atoms with Crippen molar-refractivity contribution in [3.8, 4) is 0 Å². The van der Waals surface area contributed by atoms with E-state index >= 15 is 0 Å². The normalized spacial score (nSPS) is 24.0. The standard InChI is InChI=1S/C12H26NO2/c1-5-13(9-7-8-10-13)11(3)15-12(4)14-6-2/h11-12H,5-10H2,1-4H3/q+1. The first kappa shape index (κ1) is 12.9. The van der Waals surface area contributed by atoms with E-state index in [1.54, 1.807) is 0 Å². The van der Waals surface area contributed by atoms with Gasteiger partial charge in [-0.25, -0.2) is 0 Å². The maximum Gasteiger partial charge on any atom is 0.193 e. The summed E-state index contributed by atoms with van der Waals surface area (Å²) in [6, 6.07) is 0. The van der Waals surface area contributed by atoms with Crippen LogP contribution in [0.2, 0.25) is 0 Å². The quantitative estimate of drug-likeness (QED) is 0.501. The lowest BCUT2D eigenvalue weighted by Crippen LogP contribution is -2.54. The summed E-state index contributed by atoms with van der Waals surface area (Å²) in [5.74, 6) is 0. The average Bonchev–Trinajstić information content (AvgIpc) is 2.67. The third-order valence-corrected chi connectivity index (χ3v) is 3.65. The summed E-state index contributed by atoms with van der Waals surface area (Å²) in [4.78, 5) is 0. The Morgan fingerprint density at radius 3 is 2.20 bits per heavy atom. The van der Waals surface area contributed by atoms with Gasteiger partial charge in [0, 0.05) is 26.4 Å². The van der Waals surface area contributed by atoms with Crippen LogP contribution >= 0.6 is 0 Å². The van der Waals surface area contributed by atoms with Crippen molar-refractivity contribution in [3.63, 3.8) is 0 Å². The molecule has 0 aliphatic carbocycles. The van der Waals surface area contributed by atoms with Gasteiger partial charge in [-0.3, -0.25) is 4.48 Å². The van der Waals surface area contributed by atoms with E-state index in [0.717, 1.165) is 11.1 Å². The van der Waals surface area contributed by atoms with E-state index in [2.05, 4.69) is 13.8 Å². The third kappa shape index (κ3) is 3.16. The van der Waals surface area contributed by atoms with Crippen molar-refractivity contribution in [2.45, 2.75) is 53.1 Å². The van der Waals surface area contributed by atoms with Crippen LogP contribution in [0.4, 0.5) is 0 Å². The second-order valence-electron chi connectivity index (χ2n) is 4.45. The molecule has 3 nitrogen and oxygen atoms in total. The van der Waals surface area contributed by atoms with Crippen molar-refractivity contribution in [1.82, 2.24) is 0 Å². The van der Waals surface area contributed by atoms with E-state index < -0.39 is 0 Å². The number of ether oxygens (including phenoxy) is 2. The van der Waals surface area contributed by atoms with Gasteiger partial charge in [-0.05, 0) is 20.8 Å². The molecule has 0 amide bonds. The summed E-state index contributed by atoms with van der Waals surface area (Å²) in [7, 11) is 0. The zero-order valence-electron chi connectivity index (χ0n) is 10.7. The van der Waals surface area contributed by atoms with Crippen LogP contribution in [0.25, 0.3) is 0 Å². The Bertz CT molecular complexity index is 178. The Morgan fingerprint density at radius 1 is 1.13 bits per heavy atom. The zero-order valence-corrected chi connectivity index (χ0v) is 10.7. The number of rotatable bonds is 6. The smallest absolute Gasteiger partial charge is 0.193 e. The number of hydrogen-bond acceptors (Lipinski definition) is 2. The van der Waals surface area contributed by atoms with Crippen molar-refractivity contribution < 1.29 is 14.0 Å². The van der Waals surface area contributed by atoms with E-state index in [1.807, 2.05) is 13.8 Å². The molecule has 1 rings (SSSR count). The van der Waals surface area contributed by atoms with Crippen molar-refractivity contribution in [2.75, 3.05) is 26.2 Å². The van der Waals surface area contributed by atoms with Crippen LogP contribution in [0, 0.1) is 0 Å². The van der Waals surface area contributed by atoms with Crippen LogP contribution in [-0.4, -0.2) is 43.2 Å². The Kier molecular flexibility index (Phi) is 5.03. The molecular weight excluding hydrogens is 190 g/mol. The van der Waals surface area contributed by atoms with Gasteiger partial charge in [0.05, 0.1) is 19.6 Å². The van der Waals surface area contributed by atoms with Crippen LogP contribution in [0.5, 0.6) is 0 Å². The molecular formula is C12H26NO2+. The Morgan fingerprint density at radius 2 is 1.73 bits per heavy atom. The summed E-state index contributed by atoms with van der Waals surface area (Å²) in [5, 5.41) is 0. The van der Waals surface area contributed by atoms with E-state index in [1.165, 1.54) is 32.5 Å². The van der Waals surface area contributed by atoms with Crippen molar-refractivity contribution in [2.24, 2.45) is 0 Å². The van der Waals surface area contributed by atoms with Gasteiger partial charge in [0.2, 0.25) is 0 Å². The fourth-order valence-electron chi connectivity index (χ4n) is 2.58. The Balaban J connectivity index is 2.46. The van der Waals surface area contributed by atoms with Gasteiger partial charge in [0.25, 0.3) is 0 Å². The molecule has 15 heavy (non-hydrogen) atoms. The summed E-state index contributed by atoms with van der Waals surface area (Å²) in [5.41, 5.74) is 0. The largest absolute Gasteiger partial charge is 0.353 e. The maximum atomic E-state index is 5.92. The molecule has 0 aromatic carbocycles. The molecule has 0 bridgehead atoms. The second-order valence-corrected chi connectivity index (χ2v) is 4.45. The summed E-state index contributed by atoms with van der Waals surface area (Å²) >= 11 is 0. The Hall–Kier alpha value is -0.120. The molecule has 1 heterocycles. The minimum absolute atomic E-state index is 0.0767. The minimum Gasteiger partial charge on any atom is -0.353 e. The van der Waals surface area contributed by atoms with Crippen LogP contribution in [0.1, 0.15) is 40.5 Å². The molecule has 0 radical (unpaired) electrons. The molecule has 1 aliphatic heterocycles. The summed E-state index contributed by atoms with van der Waals surface area (Å²) < 4.78 is 12.5. The summed E-state index contributed by atoms with van der Waals surface area (Å²) in [6.45, 7) is 12.8. The van der Waals surface area contributed by atoms with Crippen LogP contribution in [0.15, 0.2) is 0 Å². The highest BCUT2D eigenvalue weighted by atomic mass is 16.7.